The molecule has 0 amide bonds. The van der Waals surface area contributed by atoms with E-state index in [0.717, 1.165) is 71.8 Å². The fraction of sp³-hybridized carbons (Fsp3) is 0.0495. The predicted molar refractivity (Wildman–Crippen MR) is 478 cm³/mol. The molecule has 0 spiro atoms. The monoisotopic (exact) mass is 1480 g/mol. The van der Waals surface area contributed by atoms with Crippen LogP contribution in [0.1, 0.15) is 11.1 Å². The van der Waals surface area contributed by atoms with Gasteiger partial charge in [-0.2, -0.15) is 0 Å². The van der Waals surface area contributed by atoms with Gasteiger partial charge in [0.1, 0.15) is 16.7 Å². The first-order chi connectivity index (χ1) is 54.7. The molecule has 528 valence electrons. The van der Waals surface area contributed by atoms with E-state index in [4.69, 9.17) is 13.3 Å². The van der Waals surface area contributed by atoms with Crippen LogP contribution in [0.4, 0.5) is 0 Å². The molecule has 0 saturated carbocycles. The highest BCUT2D eigenvalue weighted by Gasteiger charge is 2.22. The van der Waals surface area contributed by atoms with Crippen molar-refractivity contribution in [2.24, 2.45) is 21.1 Å². The Balaban J connectivity index is 0.0000000856. The second-order valence-electron chi connectivity index (χ2n) is 29.1. The highest BCUT2D eigenvalue weighted by atomic mass is 32.1. The molecule has 0 aliphatic rings. The molecule has 0 aliphatic heterocycles. The van der Waals surface area contributed by atoms with E-state index < -0.39 is 0 Å². The summed E-state index contributed by atoms with van der Waals surface area (Å²) in [5, 5.41) is 25.7. The first-order valence-electron chi connectivity index (χ1n) is 37.6. The third-order valence-electron chi connectivity index (χ3n) is 23.0. The van der Waals surface area contributed by atoms with Crippen LogP contribution in [0.25, 0.3) is 219 Å². The van der Waals surface area contributed by atoms with Crippen molar-refractivity contribution in [3.63, 3.8) is 0 Å². The molecule has 26 aromatic rings. The molecule has 111 heavy (non-hydrogen) atoms. The van der Waals surface area contributed by atoms with Gasteiger partial charge < -0.3 is 31.5 Å². The molecular weight excluding hydrogens is 1410 g/mol. The van der Waals surface area contributed by atoms with Crippen molar-refractivity contribution >= 4 is 248 Å². The second-order valence-corrected chi connectivity index (χ2v) is 32.3. The maximum atomic E-state index is 6.47. The summed E-state index contributed by atoms with van der Waals surface area (Å²) in [6.45, 7) is 4.18. The van der Waals surface area contributed by atoms with Crippen molar-refractivity contribution in [2.75, 3.05) is 0 Å². The van der Waals surface area contributed by atoms with Crippen LogP contribution in [0.3, 0.4) is 0 Å². The Labute approximate surface area is 647 Å². The van der Waals surface area contributed by atoms with E-state index in [2.05, 4.69) is 357 Å². The maximum absolute atomic E-state index is 6.47. The highest BCUT2D eigenvalue weighted by molar-refractivity contribution is 7.27. The van der Waals surface area contributed by atoms with Crippen LogP contribution in [0.15, 0.2) is 335 Å². The summed E-state index contributed by atoms with van der Waals surface area (Å²) < 4.78 is 36.2. The van der Waals surface area contributed by atoms with E-state index in [1.54, 1.807) is 0 Å². The summed E-state index contributed by atoms with van der Waals surface area (Å²) in [5.74, 6) is 0. The van der Waals surface area contributed by atoms with Crippen LogP contribution in [-0.2, 0) is 21.1 Å². The molecule has 0 fully saturated rings. The van der Waals surface area contributed by atoms with Gasteiger partial charge in [-0.25, -0.2) is 0 Å². The lowest BCUT2D eigenvalue weighted by Gasteiger charge is -2.07. The molecule has 0 atom stereocenters. The van der Waals surface area contributed by atoms with Gasteiger partial charge in [0, 0.05) is 180 Å². The van der Waals surface area contributed by atoms with Gasteiger partial charge in [0.2, 0.25) is 0 Å². The number of fused-ring (bicyclic) bond motifs is 34. The van der Waals surface area contributed by atoms with Gasteiger partial charge in [0.05, 0.1) is 26.8 Å². The van der Waals surface area contributed by atoms with E-state index in [-0.39, 0.29) is 0 Å². The Bertz CT molecular complexity index is 8270. The van der Waals surface area contributed by atoms with Gasteiger partial charge in [-0.3, -0.25) is 0 Å². The average Bonchev–Trinajstić information content (AvgIpc) is 1.55. The van der Waals surface area contributed by atoms with Crippen molar-refractivity contribution in [3.8, 4) is 5.69 Å². The molecule has 7 nitrogen and oxygen atoms in total. The van der Waals surface area contributed by atoms with E-state index in [9.17, 15) is 0 Å². The number of para-hydroxylation sites is 8. The average molecular weight is 1480 g/mol. The molecule has 26 rings (SSSR count). The highest BCUT2D eigenvalue weighted by Crippen LogP contribution is 2.47. The van der Waals surface area contributed by atoms with Gasteiger partial charge in [-0.05, 0) is 122 Å². The van der Waals surface area contributed by atoms with Crippen molar-refractivity contribution in [1.29, 1.82) is 0 Å². The van der Waals surface area contributed by atoms with Crippen molar-refractivity contribution in [3.05, 3.63) is 333 Å². The largest absolute Gasteiger partial charge is 0.454 e. The Morgan fingerprint density at radius 1 is 0.225 bits per heavy atom. The second kappa shape index (κ2) is 25.4. The van der Waals surface area contributed by atoms with Crippen LogP contribution in [0.2, 0.25) is 0 Å². The topological polar surface area (TPSA) is 59.1 Å². The quantitative estimate of drug-likeness (QED) is 0.165. The van der Waals surface area contributed by atoms with Crippen LogP contribution in [-0.4, -0.2) is 18.3 Å². The fourth-order valence-corrected chi connectivity index (χ4v) is 21.4. The minimum absolute atomic E-state index is 0.837. The Morgan fingerprint density at radius 3 is 1.30 bits per heavy atom. The van der Waals surface area contributed by atoms with Crippen molar-refractivity contribution in [2.45, 2.75) is 13.8 Å². The van der Waals surface area contributed by atoms with Gasteiger partial charge in [0.15, 0.2) is 16.7 Å². The third kappa shape index (κ3) is 10.0. The minimum Gasteiger partial charge on any atom is -0.454 e. The molecule has 16 aromatic carbocycles. The van der Waals surface area contributed by atoms with E-state index in [1.165, 1.54) is 159 Å². The van der Waals surface area contributed by atoms with E-state index in [0.29, 0.717) is 0 Å². The van der Waals surface area contributed by atoms with Crippen LogP contribution < -0.4 is 0 Å². The number of benzene rings is 16. The number of aryl methyl sites for hydroxylation is 5. The Hall–Kier alpha value is -13.2. The summed E-state index contributed by atoms with van der Waals surface area (Å²) in [6, 6.07) is 114. The van der Waals surface area contributed by atoms with Gasteiger partial charge >= 0.3 is 0 Å². The number of thiophene rings is 3. The molecule has 0 radical (unpaired) electrons. The third-order valence-corrected chi connectivity index (χ3v) is 26.5. The molecule has 0 bridgehead atoms. The maximum Gasteiger partial charge on any atom is 0.178 e. The van der Waals surface area contributed by atoms with Gasteiger partial charge in [-0.1, -0.05) is 224 Å². The standard InChI is InChI=1S/C25H17NO.3C19H13NS.C19H12O2/c1-16-8-7-12-20-21-15-14-19-18-11-5-6-13-22(18)26(17-9-3-2-4-10-17)23(19)25(21)27-24(16)20;1-20-15-8-4-2-7-14(15)18-16(20)11-10-13-12-6-3-5-9-17(12)21-19(13)18;1-20-16-8-4-2-6-12(16)14-11-19-15(10-17(14)20)13-7-3-5-9-18(13)21-19;1-20-16-8-4-2-6-12(16)14-10-11-15-13-7-3-5-9-17(13)21-19(15)18(14)20;1-11-5-4-7-13-15-10-9-14-12-6-2-3-8-16(12)20-18(14)19(15)21-17(11)13/h2-15H,1H3;3*2-11H,1H3;2-10H,1H3. The van der Waals surface area contributed by atoms with Gasteiger partial charge in [-0.15, -0.1) is 34.0 Å². The van der Waals surface area contributed by atoms with Crippen LogP contribution in [0, 0.1) is 13.8 Å². The van der Waals surface area contributed by atoms with Gasteiger partial charge in [0.25, 0.3) is 0 Å². The Morgan fingerprint density at radius 2 is 0.640 bits per heavy atom. The molecule has 0 saturated heterocycles. The summed E-state index contributed by atoms with van der Waals surface area (Å²) in [6.07, 6.45) is 0. The van der Waals surface area contributed by atoms with Crippen LogP contribution in [0.5, 0.6) is 0 Å². The number of furan rings is 3. The SMILES string of the molecule is Cc1cccc2c1oc1c2ccc2c3ccccc3n(-c3ccccc3)c21.Cc1cccc2c1oc1c2ccc2c3ccccc3oc21.Cn1c2ccccc2c2c3sc4ccccc4c3ccc21.Cn1c2ccccc2c2cc3sc4ccccc4c3cc21.Cn1c2ccccc2c2ccc3c4ccccc4sc3c21. The predicted octanol–water partition coefficient (Wildman–Crippen LogP) is 29.9. The fourth-order valence-electron chi connectivity index (χ4n) is 17.7. The molecular formula is C101H68N4O3S3. The number of hydrogen-bond donors (Lipinski definition) is 0. The summed E-state index contributed by atoms with van der Waals surface area (Å²) in [5.41, 5.74) is 19.1. The first kappa shape index (κ1) is 64.9. The number of hydrogen-bond acceptors (Lipinski definition) is 6. The van der Waals surface area contributed by atoms with E-state index >= 15 is 0 Å². The molecule has 10 heterocycles. The van der Waals surface area contributed by atoms with Crippen molar-refractivity contribution < 1.29 is 13.3 Å². The molecule has 10 aromatic heterocycles. The van der Waals surface area contributed by atoms with E-state index in [1.807, 2.05) is 52.2 Å². The zero-order valence-electron chi connectivity index (χ0n) is 61.3. The summed E-state index contributed by atoms with van der Waals surface area (Å²) >= 11 is 5.69. The summed E-state index contributed by atoms with van der Waals surface area (Å²) in [4.78, 5) is 0. The molecule has 0 unspecified atom stereocenters. The van der Waals surface area contributed by atoms with Crippen molar-refractivity contribution in [1.82, 2.24) is 18.3 Å². The summed E-state index contributed by atoms with van der Waals surface area (Å²) in [7, 11) is 6.49. The zero-order valence-corrected chi connectivity index (χ0v) is 63.8. The first-order valence-corrected chi connectivity index (χ1v) is 40.1. The lowest BCUT2D eigenvalue weighted by atomic mass is 10.1. The molecule has 0 N–H and O–H groups in total. The molecule has 10 heteroatoms. The lowest BCUT2D eigenvalue weighted by molar-refractivity contribution is 0.632. The smallest absolute Gasteiger partial charge is 0.178 e. The molecule has 0 aliphatic carbocycles. The lowest BCUT2D eigenvalue weighted by Crippen LogP contribution is -1.93. The Kier molecular flexibility index (Phi) is 14.9. The normalized spacial score (nSPS) is 12.0. The zero-order chi connectivity index (χ0) is 73.9. The number of nitrogens with zero attached hydrogens (tertiary/aromatic N) is 4. The number of aromatic nitrogens is 4. The minimum atomic E-state index is 0.837. The van der Waals surface area contributed by atoms with Crippen LogP contribution >= 0.6 is 34.0 Å². The number of rotatable bonds is 1.